The maximum atomic E-state index is 13.6. The molecule has 1 aliphatic carbocycles. The maximum absolute atomic E-state index is 13.6. The first kappa shape index (κ1) is 19.0. The van der Waals surface area contributed by atoms with E-state index in [2.05, 4.69) is 44.0 Å². The number of pyridine rings is 1. The van der Waals surface area contributed by atoms with Crippen LogP contribution in [0.1, 0.15) is 34.4 Å². The van der Waals surface area contributed by atoms with Crippen molar-refractivity contribution in [1.82, 2.24) is 15.2 Å². The lowest BCUT2D eigenvalue weighted by Crippen LogP contribution is -2.47. The van der Waals surface area contributed by atoms with Crippen LogP contribution < -0.4 is 9.80 Å². The molecular formula is C24H26FN5. The van der Waals surface area contributed by atoms with Crippen molar-refractivity contribution in [3.63, 3.8) is 0 Å². The van der Waals surface area contributed by atoms with Gasteiger partial charge in [0.2, 0.25) is 0 Å². The largest absolute Gasteiger partial charge is 0.353 e. The van der Waals surface area contributed by atoms with Gasteiger partial charge in [0.1, 0.15) is 11.6 Å². The third-order valence-corrected chi connectivity index (χ3v) is 6.16. The highest BCUT2D eigenvalue weighted by Gasteiger charge is 2.27. The molecule has 30 heavy (non-hydrogen) atoms. The van der Waals surface area contributed by atoms with E-state index >= 15 is 0 Å². The summed E-state index contributed by atoms with van der Waals surface area (Å²) in [6.45, 7) is 5.75. The fourth-order valence-electron chi connectivity index (χ4n) is 4.57. The van der Waals surface area contributed by atoms with Gasteiger partial charge in [-0.1, -0.05) is 18.2 Å². The van der Waals surface area contributed by atoms with Gasteiger partial charge in [-0.3, -0.25) is 0 Å². The van der Waals surface area contributed by atoms with E-state index in [1.807, 2.05) is 12.3 Å². The number of benzene rings is 1. The zero-order valence-electron chi connectivity index (χ0n) is 17.3. The molecule has 1 aliphatic heterocycles. The van der Waals surface area contributed by atoms with Crippen molar-refractivity contribution < 1.29 is 4.39 Å². The molecule has 0 amide bonds. The minimum Gasteiger partial charge on any atom is -0.353 e. The Bertz CT molecular complexity index is 1040. The second-order valence-electron chi connectivity index (χ2n) is 8.26. The highest BCUT2D eigenvalue weighted by Crippen LogP contribution is 2.32. The number of piperazine rings is 1. The molecular weight excluding hydrogens is 377 g/mol. The van der Waals surface area contributed by atoms with Gasteiger partial charge in [0.25, 0.3) is 0 Å². The molecule has 154 valence electrons. The molecule has 0 atom stereocenters. The molecule has 1 saturated heterocycles. The topological polar surface area (TPSA) is 45.2 Å². The lowest BCUT2D eigenvalue weighted by molar-refractivity contribution is 0.625. The minimum atomic E-state index is -0.199. The molecule has 0 radical (unpaired) electrons. The molecule has 2 aliphatic rings. The van der Waals surface area contributed by atoms with Gasteiger partial charge < -0.3 is 9.80 Å². The average Bonchev–Trinajstić information content (AvgIpc) is 3.25. The van der Waals surface area contributed by atoms with Crippen LogP contribution in [0.2, 0.25) is 0 Å². The fraction of sp³-hybridized carbons (Fsp3) is 0.375. The summed E-state index contributed by atoms with van der Waals surface area (Å²) in [6.07, 6.45) is 5.79. The van der Waals surface area contributed by atoms with Crippen LogP contribution in [0.25, 0.3) is 0 Å². The third kappa shape index (κ3) is 3.74. The van der Waals surface area contributed by atoms with E-state index in [-0.39, 0.29) is 5.82 Å². The van der Waals surface area contributed by atoms with Crippen molar-refractivity contribution in [2.45, 2.75) is 32.6 Å². The number of halogens is 1. The molecule has 0 N–H and O–H groups in total. The van der Waals surface area contributed by atoms with Crippen LogP contribution in [0.15, 0.2) is 42.6 Å². The second-order valence-corrected chi connectivity index (χ2v) is 8.26. The first-order valence-electron chi connectivity index (χ1n) is 10.7. The zero-order chi connectivity index (χ0) is 20.5. The van der Waals surface area contributed by atoms with Crippen molar-refractivity contribution in [1.29, 1.82) is 0 Å². The molecule has 5 rings (SSSR count). The van der Waals surface area contributed by atoms with E-state index in [4.69, 9.17) is 0 Å². The van der Waals surface area contributed by atoms with Crippen LogP contribution >= 0.6 is 0 Å². The third-order valence-electron chi connectivity index (χ3n) is 6.16. The SMILES string of the molecule is Cc1ccc(N2CCN(c3nnc(Cc4cccc(F)c4)c4c3CCC4)CC2)nc1. The second kappa shape index (κ2) is 8.01. The Balaban J connectivity index is 1.33. The van der Waals surface area contributed by atoms with Gasteiger partial charge in [0.15, 0.2) is 5.82 Å². The monoisotopic (exact) mass is 403 g/mol. The van der Waals surface area contributed by atoms with Crippen LogP contribution in [0.3, 0.4) is 0 Å². The molecule has 0 spiro atoms. The van der Waals surface area contributed by atoms with Gasteiger partial charge in [-0.2, -0.15) is 5.10 Å². The average molecular weight is 404 g/mol. The van der Waals surface area contributed by atoms with Gasteiger partial charge >= 0.3 is 0 Å². The Morgan fingerprint density at radius 2 is 1.73 bits per heavy atom. The van der Waals surface area contributed by atoms with E-state index in [1.54, 1.807) is 12.1 Å². The molecule has 5 nitrogen and oxygen atoms in total. The Labute approximate surface area is 176 Å². The highest BCUT2D eigenvalue weighted by molar-refractivity contribution is 5.55. The summed E-state index contributed by atoms with van der Waals surface area (Å²) in [5.41, 5.74) is 5.80. The summed E-state index contributed by atoms with van der Waals surface area (Å²) in [5, 5.41) is 9.25. The number of hydrogen-bond donors (Lipinski definition) is 0. The van der Waals surface area contributed by atoms with Gasteiger partial charge in [0.05, 0.1) is 5.69 Å². The van der Waals surface area contributed by atoms with Crippen LogP contribution in [-0.4, -0.2) is 41.4 Å². The Hall–Kier alpha value is -3.02. The summed E-state index contributed by atoms with van der Waals surface area (Å²) in [6, 6.07) is 11.0. The van der Waals surface area contributed by atoms with E-state index in [1.165, 1.54) is 22.8 Å². The molecule has 3 aromatic rings. The van der Waals surface area contributed by atoms with E-state index < -0.39 is 0 Å². The molecule has 0 bridgehead atoms. The lowest BCUT2D eigenvalue weighted by atomic mass is 10.0. The maximum Gasteiger partial charge on any atom is 0.154 e. The number of aryl methyl sites for hydroxylation is 1. The van der Waals surface area contributed by atoms with Crippen molar-refractivity contribution in [3.05, 3.63) is 76.4 Å². The smallest absolute Gasteiger partial charge is 0.154 e. The quantitative estimate of drug-likeness (QED) is 0.664. The predicted molar refractivity (Wildman–Crippen MR) is 117 cm³/mol. The number of anilines is 2. The standard InChI is InChI=1S/C24H26FN5/c1-17-8-9-23(26-16-17)29-10-12-30(13-11-29)24-21-7-3-6-20(21)22(27-28-24)15-18-4-2-5-19(25)14-18/h2,4-5,8-9,14,16H,3,6-7,10-13,15H2,1H3. The summed E-state index contributed by atoms with van der Waals surface area (Å²) in [7, 11) is 0. The first-order chi connectivity index (χ1) is 14.7. The fourth-order valence-corrected chi connectivity index (χ4v) is 4.57. The van der Waals surface area contributed by atoms with Crippen LogP contribution in [0.4, 0.5) is 16.0 Å². The number of fused-ring (bicyclic) bond motifs is 1. The summed E-state index contributed by atoms with van der Waals surface area (Å²) < 4.78 is 13.6. The molecule has 1 aromatic carbocycles. The van der Waals surface area contributed by atoms with Crippen LogP contribution in [0.5, 0.6) is 0 Å². The van der Waals surface area contributed by atoms with Gasteiger partial charge in [-0.15, -0.1) is 5.10 Å². The van der Waals surface area contributed by atoms with Gasteiger partial charge in [-0.25, -0.2) is 9.37 Å². The molecule has 1 fully saturated rings. The predicted octanol–water partition coefficient (Wildman–Crippen LogP) is 3.73. The van der Waals surface area contributed by atoms with Crippen LogP contribution in [0, 0.1) is 12.7 Å². The van der Waals surface area contributed by atoms with Crippen molar-refractivity contribution in [2.24, 2.45) is 0 Å². The lowest BCUT2D eigenvalue weighted by Gasteiger charge is -2.36. The van der Waals surface area contributed by atoms with Gasteiger partial charge in [0, 0.05) is 44.4 Å². The number of nitrogens with zero attached hydrogens (tertiary/aromatic N) is 5. The van der Waals surface area contributed by atoms with Crippen molar-refractivity contribution in [2.75, 3.05) is 36.0 Å². The first-order valence-corrected chi connectivity index (χ1v) is 10.7. The molecule has 6 heteroatoms. The van der Waals surface area contributed by atoms with Crippen molar-refractivity contribution >= 4 is 11.6 Å². The minimum absolute atomic E-state index is 0.199. The highest BCUT2D eigenvalue weighted by atomic mass is 19.1. The van der Waals surface area contributed by atoms with E-state index in [0.29, 0.717) is 6.42 Å². The van der Waals surface area contributed by atoms with E-state index in [9.17, 15) is 4.39 Å². The Morgan fingerprint density at radius 3 is 2.50 bits per heavy atom. The Morgan fingerprint density at radius 1 is 0.933 bits per heavy atom. The normalized spacial score (nSPS) is 16.1. The summed E-state index contributed by atoms with van der Waals surface area (Å²) in [5.74, 6) is 1.89. The molecule has 2 aromatic heterocycles. The zero-order valence-corrected chi connectivity index (χ0v) is 17.3. The number of aromatic nitrogens is 3. The van der Waals surface area contributed by atoms with Crippen LogP contribution in [-0.2, 0) is 19.3 Å². The molecule has 0 unspecified atom stereocenters. The van der Waals surface area contributed by atoms with E-state index in [0.717, 1.165) is 68.3 Å². The number of rotatable bonds is 4. The summed E-state index contributed by atoms with van der Waals surface area (Å²) in [4.78, 5) is 9.27. The Kier molecular flexibility index (Phi) is 5.07. The molecule has 3 heterocycles. The number of hydrogen-bond acceptors (Lipinski definition) is 5. The van der Waals surface area contributed by atoms with Crippen molar-refractivity contribution in [3.8, 4) is 0 Å². The van der Waals surface area contributed by atoms with Gasteiger partial charge in [-0.05, 0) is 61.1 Å². The molecule has 0 saturated carbocycles. The summed E-state index contributed by atoms with van der Waals surface area (Å²) >= 11 is 0.